The Morgan fingerprint density at radius 1 is 1.06 bits per heavy atom. The number of aliphatic hydroxyl groups excluding tert-OH is 1. The lowest BCUT2D eigenvalue weighted by Gasteiger charge is -2.23. The molecule has 1 heterocycles. The Balaban J connectivity index is 2.89. The number of carboxylic acids is 1. The minimum Gasteiger partial charge on any atom is -0.480 e. The van der Waals surface area contributed by atoms with Crippen molar-refractivity contribution in [3.63, 3.8) is 0 Å². The molecule has 0 fully saturated rings. The van der Waals surface area contributed by atoms with E-state index in [0.29, 0.717) is 5.69 Å². The number of imidazole rings is 1. The first-order valence-corrected chi connectivity index (χ1v) is 9.75. The van der Waals surface area contributed by atoms with Gasteiger partial charge in [0.05, 0.1) is 12.4 Å². The van der Waals surface area contributed by atoms with Crippen LogP contribution in [0.5, 0.6) is 0 Å². The number of aromatic amines is 1. The minimum absolute atomic E-state index is 0.0619. The third-order valence-electron chi connectivity index (χ3n) is 4.48. The second-order valence-electron chi connectivity index (χ2n) is 7.24. The van der Waals surface area contributed by atoms with Crippen molar-refractivity contribution in [3.8, 4) is 0 Å². The average Bonchev–Trinajstić information content (AvgIpc) is 3.22. The lowest BCUT2D eigenvalue weighted by Crippen LogP contribution is -2.57. The number of carbonyl (C=O) groups is 5. The van der Waals surface area contributed by atoms with E-state index < -0.39 is 59.9 Å². The SMILES string of the molecule is CC(NC(=O)C(N)C(C)O)C(=O)NC(Cc1cnc[nH]1)C(=O)NC(CCC(N)=O)C(=O)O. The Morgan fingerprint density at radius 3 is 2.19 bits per heavy atom. The smallest absolute Gasteiger partial charge is 0.326 e. The van der Waals surface area contributed by atoms with E-state index in [4.69, 9.17) is 11.5 Å². The lowest BCUT2D eigenvalue weighted by atomic mass is 10.1. The largest absolute Gasteiger partial charge is 0.480 e. The molecule has 0 aliphatic heterocycles. The molecular formula is C18H29N7O7. The molecule has 0 aromatic carbocycles. The summed E-state index contributed by atoms with van der Waals surface area (Å²) in [6, 6.07) is -5.01. The predicted octanol–water partition coefficient (Wildman–Crippen LogP) is -3.52. The Hall–Kier alpha value is -3.52. The van der Waals surface area contributed by atoms with Crippen LogP contribution in [0.4, 0.5) is 0 Å². The highest BCUT2D eigenvalue weighted by atomic mass is 16.4. The summed E-state index contributed by atoms with van der Waals surface area (Å²) in [4.78, 5) is 66.2. The summed E-state index contributed by atoms with van der Waals surface area (Å²) in [7, 11) is 0. The molecule has 5 atom stereocenters. The van der Waals surface area contributed by atoms with E-state index in [2.05, 4.69) is 25.9 Å². The van der Waals surface area contributed by atoms with Gasteiger partial charge >= 0.3 is 5.97 Å². The number of H-pyrrole nitrogens is 1. The molecule has 0 aliphatic rings. The maximum absolute atomic E-state index is 12.7. The van der Waals surface area contributed by atoms with Gasteiger partial charge in [-0.2, -0.15) is 0 Å². The van der Waals surface area contributed by atoms with Gasteiger partial charge in [-0.3, -0.25) is 19.2 Å². The number of nitrogens with one attached hydrogen (secondary N) is 4. The second-order valence-corrected chi connectivity index (χ2v) is 7.24. The van der Waals surface area contributed by atoms with Gasteiger partial charge in [0.15, 0.2) is 0 Å². The second kappa shape index (κ2) is 12.4. The van der Waals surface area contributed by atoms with Gasteiger partial charge in [0.25, 0.3) is 0 Å². The molecule has 0 bridgehead atoms. The summed E-state index contributed by atoms with van der Waals surface area (Å²) in [5, 5.41) is 25.7. The van der Waals surface area contributed by atoms with Gasteiger partial charge in [-0.25, -0.2) is 9.78 Å². The van der Waals surface area contributed by atoms with Crippen LogP contribution in [-0.4, -0.2) is 80.1 Å². The number of aromatic nitrogens is 2. The number of aliphatic carboxylic acids is 1. The first-order chi connectivity index (χ1) is 14.9. The number of hydrogen-bond acceptors (Lipinski definition) is 8. The van der Waals surface area contributed by atoms with Crippen molar-refractivity contribution in [2.45, 2.75) is 63.4 Å². The van der Waals surface area contributed by atoms with E-state index in [1.807, 2.05) is 0 Å². The number of hydrogen-bond donors (Lipinski definition) is 8. The van der Waals surface area contributed by atoms with E-state index >= 15 is 0 Å². The number of amides is 4. The topological polar surface area (TPSA) is 243 Å². The predicted molar refractivity (Wildman–Crippen MR) is 109 cm³/mol. The molecule has 10 N–H and O–H groups in total. The highest BCUT2D eigenvalue weighted by molar-refractivity contribution is 5.94. The number of aliphatic hydroxyl groups is 1. The molecule has 5 unspecified atom stereocenters. The van der Waals surface area contributed by atoms with Gasteiger partial charge in [-0.05, 0) is 20.3 Å². The Bertz CT molecular complexity index is 813. The van der Waals surface area contributed by atoms with Crippen LogP contribution in [0.1, 0.15) is 32.4 Å². The fourth-order valence-corrected chi connectivity index (χ4v) is 2.53. The molecule has 0 aliphatic carbocycles. The molecule has 0 spiro atoms. The molecule has 1 aromatic rings. The summed E-state index contributed by atoms with van der Waals surface area (Å²) < 4.78 is 0. The van der Waals surface area contributed by atoms with Crippen molar-refractivity contribution < 1.29 is 34.2 Å². The third kappa shape index (κ3) is 8.69. The van der Waals surface area contributed by atoms with Gasteiger partial charge < -0.3 is 42.6 Å². The van der Waals surface area contributed by atoms with Crippen LogP contribution >= 0.6 is 0 Å². The quantitative estimate of drug-likeness (QED) is 0.147. The zero-order valence-electron chi connectivity index (χ0n) is 17.7. The Kier molecular flexibility index (Phi) is 10.2. The third-order valence-corrected chi connectivity index (χ3v) is 4.48. The van der Waals surface area contributed by atoms with E-state index in [0.717, 1.165) is 0 Å². The van der Waals surface area contributed by atoms with Crippen molar-refractivity contribution in [3.05, 3.63) is 18.2 Å². The van der Waals surface area contributed by atoms with Crippen LogP contribution < -0.4 is 27.4 Å². The number of nitrogens with two attached hydrogens (primary N) is 2. The molecule has 0 saturated heterocycles. The minimum atomic E-state index is -1.41. The van der Waals surface area contributed by atoms with Gasteiger partial charge in [0, 0.05) is 24.7 Å². The van der Waals surface area contributed by atoms with Crippen molar-refractivity contribution in [1.82, 2.24) is 25.9 Å². The highest BCUT2D eigenvalue weighted by Crippen LogP contribution is 2.03. The Labute approximate surface area is 183 Å². The summed E-state index contributed by atoms with van der Waals surface area (Å²) in [5.74, 6) is -4.45. The van der Waals surface area contributed by atoms with Crippen molar-refractivity contribution in [2.24, 2.45) is 11.5 Å². The van der Waals surface area contributed by atoms with Crippen LogP contribution in [-0.2, 0) is 30.4 Å². The zero-order chi connectivity index (χ0) is 24.4. The van der Waals surface area contributed by atoms with Gasteiger partial charge in [0.2, 0.25) is 23.6 Å². The van der Waals surface area contributed by atoms with Crippen LogP contribution in [0.25, 0.3) is 0 Å². The molecule has 0 saturated carbocycles. The first kappa shape index (κ1) is 26.5. The van der Waals surface area contributed by atoms with Crippen LogP contribution in [0.2, 0.25) is 0 Å². The van der Waals surface area contributed by atoms with Crippen molar-refractivity contribution >= 4 is 29.6 Å². The van der Waals surface area contributed by atoms with E-state index in [1.165, 1.54) is 26.4 Å². The van der Waals surface area contributed by atoms with E-state index in [-0.39, 0.29) is 19.3 Å². The lowest BCUT2D eigenvalue weighted by molar-refractivity contribution is -0.142. The first-order valence-electron chi connectivity index (χ1n) is 9.75. The molecule has 14 heteroatoms. The van der Waals surface area contributed by atoms with E-state index in [1.54, 1.807) is 0 Å². The van der Waals surface area contributed by atoms with Crippen LogP contribution in [0.15, 0.2) is 12.5 Å². The zero-order valence-corrected chi connectivity index (χ0v) is 17.7. The maximum atomic E-state index is 12.7. The number of carbonyl (C=O) groups excluding carboxylic acids is 4. The summed E-state index contributed by atoms with van der Waals surface area (Å²) in [6.07, 6.45) is 1.08. The Morgan fingerprint density at radius 2 is 1.69 bits per heavy atom. The molecule has 0 radical (unpaired) electrons. The molecule has 14 nitrogen and oxygen atoms in total. The molecule has 4 amide bonds. The molecule has 178 valence electrons. The van der Waals surface area contributed by atoms with Crippen LogP contribution in [0, 0.1) is 0 Å². The van der Waals surface area contributed by atoms with Gasteiger partial charge in [0.1, 0.15) is 24.2 Å². The van der Waals surface area contributed by atoms with Gasteiger partial charge in [-0.1, -0.05) is 0 Å². The van der Waals surface area contributed by atoms with Crippen molar-refractivity contribution in [2.75, 3.05) is 0 Å². The normalized spacial score (nSPS) is 15.5. The number of primary amides is 1. The average molecular weight is 455 g/mol. The summed E-state index contributed by atoms with van der Waals surface area (Å²) in [5.41, 5.74) is 11.0. The monoisotopic (exact) mass is 455 g/mol. The fourth-order valence-electron chi connectivity index (χ4n) is 2.53. The standard InChI is InChI=1S/C18H29N7O7/c1-8(23-17(30)14(20)9(2)26)15(28)25-12(5-10-6-21-7-22-10)16(29)24-11(18(31)32)3-4-13(19)27/h6-9,11-12,14,26H,3-5,20H2,1-2H3,(H2,19,27)(H,21,22)(H,23,30)(H,24,29)(H,25,28)(H,31,32). The molecular weight excluding hydrogens is 426 g/mol. The summed E-state index contributed by atoms with van der Waals surface area (Å²) >= 11 is 0. The van der Waals surface area contributed by atoms with Crippen molar-refractivity contribution in [1.29, 1.82) is 0 Å². The molecule has 1 aromatic heterocycles. The maximum Gasteiger partial charge on any atom is 0.326 e. The number of carboxylic acid groups (broad SMARTS) is 1. The molecule has 32 heavy (non-hydrogen) atoms. The van der Waals surface area contributed by atoms with E-state index in [9.17, 15) is 34.2 Å². The fraction of sp³-hybridized carbons (Fsp3) is 0.556. The number of nitrogens with zero attached hydrogens (tertiary/aromatic N) is 1. The van der Waals surface area contributed by atoms with Crippen LogP contribution in [0.3, 0.4) is 0 Å². The van der Waals surface area contributed by atoms with Gasteiger partial charge in [-0.15, -0.1) is 0 Å². The molecule has 1 rings (SSSR count). The summed E-state index contributed by atoms with van der Waals surface area (Å²) in [6.45, 7) is 2.66. The number of rotatable bonds is 13. The highest BCUT2D eigenvalue weighted by Gasteiger charge is 2.30.